The Morgan fingerprint density at radius 2 is 1.46 bits per heavy atom. The number of nitrogens with two attached hydrogens (primary N) is 1. The summed E-state index contributed by atoms with van der Waals surface area (Å²) in [5.41, 5.74) is 6.70. The lowest BCUT2D eigenvalue weighted by atomic mass is 9.98. The number of benzene rings is 3. The zero-order valence-electron chi connectivity index (χ0n) is 14.7. The van der Waals surface area contributed by atoms with Crippen molar-refractivity contribution in [1.29, 1.82) is 0 Å². The molecule has 3 N–H and O–H groups in total. The normalized spacial score (nSPS) is 11.5. The van der Waals surface area contributed by atoms with E-state index in [9.17, 15) is 13.6 Å². The van der Waals surface area contributed by atoms with E-state index in [4.69, 9.17) is 17.3 Å². The van der Waals surface area contributed by atoms with Gasteiger partial charge in [-0.2, -0.15) is 0 Å². The Labute approximate surface area is 166 Å². The maximum Gasteiger partial charge on any atom is 0.267 e. The summed E-state index contributed by atoms with van der Waals surface area (Å²) in [6.45, 7) is 0. The number of halogens is 3. The molecule has 3 aromatic rings. The van der Waals surface area contributed by atoms with E-state index in [0.717, 1.165) is 29.3 Å². The number of amides is 1. The van der Waals surface area contributed by atoms with Crippen LogP contribution in [0.5, 0.6) is 0 Å². The number of carbonyl (C=O) groups is 1. The molecule has 0 bridgehead atoms. The lowest BCUT2D eigenvalue weighted by Crippen LogP contribution is -2.33. The molecule has 0 saturated heterocycles. The Hall–Kier alpha value is -3.18. The van der Waals surface area contributed by atoms with Crippen LogP contribution in [0.4, 0.5) is 8.78 Å². The van der Waals surface area contributed by atoms with Crippen LogP contribution in [0.15, 0.2) is 78.5 Å². The van der Waals surface area contributed by atoms with Crippen LogP contribution in [0.25, 0.3) is 6.08 Å². The molecule has 0 radical (unpaired) electrons. The Morgan fingerprint density at radius 1 is 0.929 bits per heavy atom. The molecule has 0 aliphatic carbocycles. The summed E-state index contributed by atoms with van der Waals surface area (Å²) in [4.78, 5) is 12.6. The van der Waals surface area contributed by atoms with Crippen LogP contribution in [0.1, 0.15) is 22.7 Å². The second-order valence-corrected chi connectivity index (χ2v) is 6.49. The van der Waals surface area contributed by atoms with Gasteiger partial charge in [0.15, 0.2) is 5.82 Å². The molecule has 0 heterocycles. The Balaban J connectivity index is 1.91. The minimum absolute atomic E-state index is 0.257. The van der Waals surface area contributed by atoms with E-state index >= 15 is 0 Å². The number of carbonyl (C=O) groups excluding carboxylic acids is 1. The SMILES string of the molecule is N/C(=C\c1c(F)ccc(Cl)c1F)C(=O)NC(c1ccccc1)c1ccccc1. The second kappa shape index (κ2) is 8.67. The van der Waals surface area contributed by atoms with E-state index in [1.807, 2.05) is 60.7 Å². The lowest BCUT2D eigenvalue weighted by molar-refractivity contribution is -0.118. The quantitative estimate of drug-likeness (QED) is 0.478. The number of hydrogen-bond acceptors (Lipinski definition) is 2. The van der Waals surface area contributed by atoms with E-state index in [1.165, 1.54) is 0 Å². The fourth-order valence-corrected chi connectivity index (χ4v) is 2.93. The highest BCUT2D eigenvalue weighted by atomic mass is 35.5. The van der Waals surface area contributed by atoms with Gasteiger partial charge in [0.1, 0.15) is 5.82 Å². The van der Waals surface area contributed by atoms with Crippen LogP contribution in [-0.4, -0.2) is 5.91 Å². The smallest absolute Gasteiger partial charge is 0.267 e. The molecule has 1 amide bonds. The van der Waals surface area contributed by atoms with E-state index < -0.39 is 29.1 Å². The fourth-order valence-electron chi connectivity index (χ4n) is 2.76. The molecule has 0 atom stereocenters. The third-order valence-electron chi connectivity index (χ3n) is 4.18. The molecule has 0 saturated carbocycles. The van der Waals surface area contributed by atoms with Crippen LogP contribution in [0, 0.1) is 11.6 Å². The monoisotopic (exact) mass is 398 g/mol. The maximum absolute atomic E-state index is 14.1. The van der Waals surface area contributed by atoms with Crippen molar-refractivity contribution in [3.05, 3.63) is 112 Å². The van der Waals surface area contributed by atoms with E-state index in [2.05, 4.69) is 5.32 Å². The summed E-state index contributed by atoms with van der Waals surface area (Å²) in [6, 6.07) is 20.3. The summed E-state index contributed by atoms with van der Waals surface area (Å²) >= 11 is 5.68. The predicted molar refractivity (Wildman–Crippen MR) is 106 cm³/mol. The average Bonchev–Trinajstić information content (AvgIpc) is 2.73. The number of hydrogen-bond donors (Lipinski definition) is 2. The minimum atomic E-state index is -0.972. The third-order valence-corrected chi connectivity index (χ3v) is 4.47. The molecule has 28 heavy (non-hydrogen) atoms. The van der Waals surface area contributed by atoms with E-state index in [0.29, 0.717) is 0 Å². The van der Waals surface area contributed by atoms with Crippen molar-refractivity contribution in [1.82, 2.24) is 5.32 Å². The lowest BCUT2D eigenvalue weighted by Gasteiger charge is -2.20. The molecule has 0 spiro atoms. The van der Waals surface area contributed by atoms with Crippen molar-refractivity contribution in [2.75, 3.05) is 0 Å². The van der Waals surface area contributed by atoms with Gasteiger partial charge >= 0.3 is 0 Å². The highest BCUT2D eigenvalue weighted by Crippen LogP contribution is 2.24. The zero-order valence-corrected chi connectivity index (χ0v) is 15.5. The first-order valence-electron chi connectivity index (χ1n) is 8.49. The first-order chi connectivity index (χ1) is 13.5. The van der Waals surface area contributed by atoms with Crippen molar-refractivity contribution in [2.24, 2.45) is 5.73 Å². The molecule has 0 aliphatic heterocycles. The molecule has 0 aromatic heterocycles. The van der Waals surface area contributed by atoms with Crippen LogP contribution < -0.4 is 11.1 Å². The van der Waals surface area contributed by atoms with Crippen LogP contribution in [0.3, 0.4) is 0 Å². The summed E-state index contributed by atoms with van der Waals surface area (Å²) in [6.07, 6.45) is 0.943. The molecule has 0 unspecified atom stereocenters. The van der Waals surface area contributed by atoms with Crippen molar-refractivity contribution in [2.45, 2.75) is 6.04 Å². The molecule has 3 aromatic carbocycles. The maximum atomic E-state index is 14.1. The predicted octanol–water partition coefficient (Wildman–Crippen LogP) is 4.82. The minimum Gasteiger partial charge on any atom is -0.394 e. The zero-order chi connectivity index (χ0) is 20.1. The molecule has 3 rings (SSSR count). The van der Waals surface area contributed by atoms with Crippen molar-refractivity contribution in [3.63, 3.8) is 0 Å². The Morgan fingerprint density at radius 3 is 2.00 bits per heavy atom. The first-order valence-corrected chi connectivity index (χ1v) is 8.86. The Kier molecular flexibility index (Phi) is 6.06. The molecular weight excluding hydrogens is 382 g/mol. The molecule has 0 fully saturated rings. The number of rotatable bonds is 5. The van der Waals surface area contributed by atoms with Gasteiger partial charge in [-0.25, -0.2) is 8.78 Å². The van der Waals surface area contributed by atoms with Crippen molar-refractivity contribution in [3.8, 4) is 0 Å². The van der Waals surface area contributed by atoms with Gasteiger partial charge in [0.25, 0.3) is 5.91 Å². The van der Waals surface area contributed by atoms with Gasteiger partial charge < -0.3 is 11.1 Å². The van der Waals surface area contributed by atoms with Gasteiger partial charge in [0.2, 0.25) is 0 Å². The van der Waals surface area contributed by atoms with Gasteiger partial charge in [-0.15, -0.1) is 0 Å². The largest absolute Gasteiger partial charge is 0.394 e. The van der Waals surface area contributed by atoms with Gasteiger partial charge in [0, 0.05) is 5.56 Å². The molecule has 142 valence electrons. The van der Waals surface area contributed by atoms with Crippen LogP contribution in [-0.2, 0) is 4.79 Å². The summed E-state index contributed by atoms with van der Waals surface area (Å²) in [5.74, 6) is -2.49. The Bertz CT molecular complexity index is 968. The van der Waals surface area contributed by atoms with Gasteiger partial charge in [0.05, 0.1) is 16.8 Å². The molecule has 6 heteroatoms. The van der Waals surface area contributed by atoms with Gasteiger partial charge in [-0.1, -0.05) is 72.3 Å². The van der Waals surface area contributed by atoms with Crippen LogP contribution in [0.2, 0.25) is 5.02 Å². The third kappa shape index (κ3) is 4.38. The highest BCUT2D eigenvalue weighted by Gasteiger charge is 2.19. The fraction of sp³-hybridized carbons (Fsp3) is 0.0455. The van der Waals surface area contributed by atoms with Gasteiger partial charge in [-0.3, -0.25) is 4.79 Å². The highest BCUT2D eigenvalue weighted by molar-refractivity contribution is 6.30. The standard InChI is InChI=1S/C22H17ClF2N2O/c23-17-11-12-18(24)16(20(17)25)13-19(26)22(28)27-21(14-7-3-1-4-8-14)15-9-5-2-6-10-15/h1-13,21H,26H2,(H,27,28)/b19-13-. The second-order valence-electron chi connectivity index (χ2n) is 6.08. The summed E-state index contributed by atoms with van der Waals surface area (Å²) in [7, 11) is 0. The first kappa shape index (κ1) is 19.6. The van der Waals surface area contributed by atoms with E-state index in [-0.39, 0.29) is 10.7 Å². The summed E-state index contributed by atoms with van der Waals surface area (Å²) < 4.78 is 28.0. The summed E-state index contributed by atoms with van der Waals surface area (Å²) in [5, 5.41) is 2.56. The van der Waals surface area contributed by atoms with E-state index in [1.54, 1.807) is 0 Å². The molecular formula is C22H17ClF2N2O. The van der Waals surface area contributed by atoms with Gasteiger partial charge in [-0.05, 0) is 29.3 Å². The van der Waals surface area contributed by atoms with Crippen molar-refractivity contribution >= 4 is 23.6 Å². The number of nitrogens with one attached hydrogen (secondary N) is 1. The average molecular weight is 399 g/mol. The van der Waals surface area contributed by atoms with Crippen molar-refractivity contribution < 1.29 is 13.6 Å². The topological polar surface area (TPSA) is 55.1 Å². The van der Waals surface area contributed by atoms with Crippen LogP contribution >= 0.6 is 11.6 Å². The molecule has 3 nitrogen and oxygen atoms in total. The molecule has 0 aliphatic rings.